The molecule has 1 aliphatic rings. The van der Waals surface area contributed by atoms with Gasteiger partial charge >= 0.3 is 0 Å². The van der Waals surface area contributed by atoms with Gasteiger partial charge in [0.05, 0.1) is 6.54 Å². The first-order valence-electron chi connectivity index (χ1n) is 6.81. The molecule has 0 aromatic heterocycles. The summed E-state index contributed by atoms with van der Waals surface area (Å²) in [6.07, 6.45) is 5.54. The van der Waals surface area contributed by atoms with Crippen molar-refractivity contribution in [2.24, 2.45) is 5.92 Å². The Morgan fingerprint density at radius 2 is 2.00 bits per heavy atom. The predicted octanol–water partition coefficient (Wildman–Crippen LogP) is 0.570. The highest BCUT2D eigenvalue weighted by Gasteiger charge is 2.22. The van der Waals surface area contributed by atoms with Crippen molar-refractivity contribution in [2.75, 3.05) is 13.2 Å². The number of carbonyl (C=O) groups excluding carboxylic acids is 2. The molecule has 1 atom stereocenters. The SMILES string of the molecule is CC(CCCO)NC(=O)CNC(=O)C1CCCC1. The van der Waals surface area contributed by atoms with Crippen molar-refractivity contribution in [3.05, 3.63) is 0 Å². The summed E-state index contributed by atoms with van der Waals surface area (Å²) in [4.78, 5) is 23.2. The van der Waals surface area contributed by atoms with Gasteiger partial charge in [-0.25, -0.2) is 0 Å². The van der Waals surface area contributed by atoms with Gasteiger partial charge in [0.15, 0.2) is 0 Å². The molecular weight excluding hydrogens is 232 g/mol. The predicted molar refractivity (Wildman–Crippen MR) is 68.9 cm³/mol. The Kier molecular flexibility index (Phi) is 6.72. The summed E-state index contributed by atoms with van der Waals surface area (Å²) in [5.74, 6) is -0.0536. The molecule has 0 aromatic carbocycles. The third-order valence-electron chi connectivity index (χ3n) is 3.35. The first-order valence-corrected chi connectivity index (χ1v) is 6.81. The van der Waals surface area contributed by atoms with Crippen molar-refractivity contribution in [2.45, 2.75) is 51.5 Å². The van der Waals surface area contributed by atoms with Crippen LogP contribution in [0, 0.1) is 5.92 Å². The summed E-state index contributed by atoms with van der Waals surface area (Å²) in [6, 6.07) is 0.0352. The van der Waals surface area contributed by atoms with Gasteiger partial charge in [-0.15, -0.1) is 0 Å². The van der Waals surface area contributed by atoms with E-state index >= 15 is 0 Å². The zero-order valence-electron chi connectivity index (χ0n) is 11.1. The molecule has 18 heavy (non-hydrogen) atoms. The first kappa shape index (κ1) is 15.0. The highest BCUT2D eigenvalue weighted by molar-refractivity contribution is 5.85. The van der Waals surface area contributed by atoms with E-state index in [-0.39, 0.29) is 36.9 Å². The highest BCUT2D eigenvalue weighted by Crippen LogP contribution is 2.24. The Bertz CT molecular complexity index is 275. The summed E-state index contributed by atoms with van der Waals surface area (Å²) in [6.45, 7) is 2.09. The number of aliphatic hydroxyl groups is 1. The molecular formula is C13H24N2O3. The van der Waals surface area contributed by atoms with Crippen molar-refractivity contribution in [3.8, 4) is 0 Å². The van der Waals surface area contributed by atoms with E-state index < -0.39 is 0 Å². The van der Waals surface area contributed by atoms with Crippen LogP contribution >= 0.6 is 0 Å². The second-order valence-electron chi connectivity index (χ2n) is 5.03. The van der Waals surface area contributed by atoms with Crippen LogP contribution in [-0.2, 0) is 9.59 Å². The van der Waals surface area contributed by atoms with Gasteiger partial charge in [-0.2, -0.15) is 0 Å². The second kappa shape index (κ2) is 8.08. The van der Waals surface area contributed by atoms with E-state index in [1.165, 1.54) is 0 Å². The van der Waals surface area contributed by atoms with E-state index in [0.717, 1.165) is 32.1 Å². The van der Waals surface area contributed by atoms with Crippen molar-refractivity contribution < 1.29 is 14.7 Å². The number of carbonyl (C=O) groups is 2. The highest BCUT2D eigenvalue weighted by atomic mass is 16.3. The van der Waals surface area contributed by atoms with Crippen LogP contribution in [0.2, 0.25) is 0 Å². The largest absolute Gasteiger partial charge is 0.396 e. The van der Waals surface area contributed by atoms with Crippen molar-refractivity contribution in [3.63, 3.8) is 0 Å². The van der Waals surface area contributed by atoms with Crippen LogP contribution in [0.5, 0.6) is 0 Å². The van der Waals surface area contributed by atoms with Crippen LogP contribution < -0.4 is 10.6 Å². The van der Waals surface area contributed by atoms with Crippen LogP contribution in [-0.4, -0.2) is 36.1 Å². The average Bonchev–Trinajstić information content (AvgIpc) is 2.87. The lowest BCUT2D eigenvalue weighted by Crippen LogP contribution is -2.42. The van der Waals surface area contributed by atoms with Crippen molar-refractivity contribution in [1.29, 1.82) is 0 Å². The van der Waals surface area contributed by atoms with Crippen molar-refractivity contribution in [1.82, 2.24) is 10.6 Å². The summed E-state index contributed by atoms with van der Waals surface area (Å²) < 4.78 is 0. The van der Waals surface area contributed by atoms with Crippen LogP contribution in [0.3, 0.4) is 0 Å². The summed E-state index contributed by atoms with van der Waals surface area (Å²) >= 11 is 0. The van der Waals surface area contributed by atoms with E-state index in [1.807, 2.05) is 6.92 Å². The lowest BCUT2D eigenvalue weighted by Gasteiger charge is -2.14. The Balaban J connectivity index is 2.14. The van der Waals surface area contributed by atoms with E-state index in [1.54, 1.807) is 0 Å². The Morgan fingerprint density at radius 3 is 2.61 bits per heavy atom. The maximum Gasteiger partial charge on any atom is 0.239 e. The van der Waals surface area contributed by atoms with E-state index in [2.05, 4.69) is 10.6 Å². The van der Waals surface area contributed by atoms with Crippen LogP contribution in [0.1, 0.15) is 45.4 Å². The fourth-order valence-electron chi connectivity index (χ4n) is 2.30. The average molecular weight is 256 g/mol. The van der Waals surface area contributed by atoms with Gasteiger partial charge in [0.25, 0.3) is 0 Å². The molecule has 0 aliphatic heterocycles. The van der Waals surface area contributed by atoms with Gasteiger partial charge in [-0.05, 0) is 32.6 Å². The monoisotopic (exact) mass is 256 g/mol. The third kappa shape index (κ3) is 5.49. The normalized spacial score (nSPS) is 17.4. The van der Waals surface area contributed by atoms with Crippen LogP contribution in [0.25, 0.3) is 0 Å². The maximum absolute atomic E-state index is 11.7. The molecule has 1 saturated carbocycles. The van der Waals surface area contributed by atoms with Gasteiger partial charge < -0.3 is 15.7 Å². The Hall–Kier alpha value is -1.10. The molecule has 0 saturated heterocycles. The van der Waals surface area contributed by atoms with Gasteiger partial charge in [0.1, 0.15) is 0 Å². The van der Waals surface area contributed by atoms with Crippen LogP contribution in [0.15, 0.2) is 0 Å². The van der Waals surface area contributed by atoms with Gasteiger partial charge in [-0.1, -0.05) is 12.8 Å². The number of hydrogen-bond acceptors (Lipinski definition) is 3. The Labute approximate surface area is 108 Å². The minimum Gasteiger partial charge on any atom is -0.396 e. The summed E-state index contributed by atoms with van der Waals surface area (Å²) in [5.41, 5.74) is 0. The van der Waals surface area contributed by atoms with Gasteiger partial charge in [0.2, 0.25) is 11.8 Å². The second-order valence-corrected chi connectivity index (χ2v) is 5.03. The van der Waals surface area contributed by atoms with Gasteiger partial charge in [0, 0.05) is 18.6 Å². The van der Waals surface area contributed by atoms with Crippen LogP contribution in [0.4, 0.5) is 0 Å². The van der Waals surface area contributed by atoms with Gasteiger partial charge in [-0.3, -0.25) is 9.59 Å². The molecule has 1 rings (SSSR count). The smallest absolute Gasteiger partial charge is 0.239 e. The molecule has 1 aliphatic carbocycles. The summed E-state index contributed by atoms with van der Waals surface area (Å²) in [5, 5.41) is 14.2. The minimum atomic E-state index is -0.160. The van der Waals surface area contributed by atoms with E-state index in [9.17, 15) is 9.59 Å². The van der Waals surface area contributed by atoms with Crippen molar-refractivity contribution >= 4 is 11.8 Å². The molecule has 3 N–H and O–H groups in total. The lowest BCUT2D eigenvalue weighted by molar-refractivity contribution is -0.128. The molecule has 5 nitrogen and oxygen atoms in total. The molecule has 0 aromatic rings. The maximum atomic E-state index is 11.7. The zero-order chi connectivity index (χ0) is 13.4. The van der Waals surface area contributed by atoms with E-state index in [4.69, 9.17) is 5.11 Å². The minimum absolute atomic E-state index is 0.00524. The molecule has 0 spiro atoms. The number of amides is 2. The molecule has 0 bridgehead atoms. The molecule has 2 amide bonds. The molecule has 0 heterocycles. The lowest BCUT2D eigenvalue weighted by atomic mass is 10.1. The first-order chi connectivity index (χ1) is 8.63. The molecule has 5 heteroatoms. The number of rotatable bonds is 7. The molecule has 1 unspecified atom stereocenters. The molecule has 104 valence electrons. The fraction of sp³-hybridized carbons (Fsp3) is 0.846. The summed E-state index contributed by atoms with van der Waals surface area (Å²) in [7, 11) is 0. The zero-order valence-corrected chi connectivity index (χ0v) is 11.1. The number of hydrogen-bond donors (Lipinski definition) is 3. The third-order valence-corrected chi connectivity index (χ3v) is 3.35. The Morgan fingerprint density at radius 1 is 1.33 bits per heavy atom. The van der Waals surface area contributed by atoms with E-state index in [0.29, 0.717) is 6.42 Å². The number of nitrogens with one attached hydrogen (secondary N) is 2. The quantitative estimate of drug-likeness (QED) is 0.623. The molecule has 0 radical (unpaired) electrons. The topological polar surface area (TPSA) is 78.4 Å². The fourth-order valence-corrected chi connectivity index (χ4v) is 2.30. The number of aliphatic hydroxyl groups excluding tert-OH is 1. The standard InChI is InChI=1S/C13H24N2O3/c1-10(5-4-8-16)15-12(17)9-14-13(18)11-6-2-3-7-11/h10-11,16H,2-9H2,1H3,(H,14,18)(H,15,17). The molecule has 1 fully saturated rings.